The Bertz CT molecular complexity index is 308. The van der Waals surface area contributed by atoms with Crippen molar-refractivity contribution in [2.45, 2.75) is 19.3 Å². The molecule has 2 aliphatic rings. The summed E-state index contributed by atoms with van der Waals surface area (Å²) in [7, 11) is 2.08. The molecule has 16 heavy (non-hydrogen) atoms. The first-order chi connectivity index (χ1) is 7.68. The van der Waals surface area contributed by atoms with Crippen molar-refractivity contribution in [1.29, 1.82) is 0 Å². The molecule has 1 fully saturated rings. The molecule has 1 saturated heterocycles. The fourth-order valence-corrected chi connectivity index (χ4v) is 3.70. The van der Waals surface area contributed by atoms with Gasteiger partial charge in [0.25, 0.3) is 0 Å². The molecule has 1 N–H and O–H groups in total. The summed E-state index contributed by atoms with van der Waals surface area (Å²) in [6, 6.07) is 0. The fraction of sp³-hybridized carbons (Fsp3) is 0.750. The molecule has 0 unspecified atom stereocenters. The van der Waals surface area contributed by atoms with E-state index in [0.717, 1.165) is 25.9 Å². The predicted octanol–water partition coefficient (Wildman–Crippen LogP) is 1.85. The quantitative estimate of drug-likeness (QED) is 0.801. The predicted molar refractivity (Wildman–Crippen MR) is 66.8 cm³/mol. The minimum Gasteiger partial charge on any atom is -0.478 e. The summed E-state index contributed by atoms with van der Waals surface area (Å²) >= 11 is 1.99. The third-order valence-electron chi connectivity index (χ3n) is 3.54. The molecule has 0 aromatic rings. The first-order valence-corrected chi connectivity index (χ1v) is 7.05. The molecule has 4 heteroatoms. The second kappa shape index (κ2) is 5.23. The Morgan fingerprint density at radius 1 is 1.44 bits per heavy atom. The molecule has 0 saturated carbocycles. The van der Waals surface area contributed by atoms with E-state index in [-0.39, 0.29) is 0 Å². The molecule has 0 radical (unpaired) electrons. The summed E-state index contributed by atoms with van der Waals surface area (Å²) in [5, 5.41) is 9.24. The van der Waals surface area contributed by atoms with Gasteiger partial charge < -0.3 is 10.0 Å². The Balaban J connectivity index is 2.20. The lowest BCUT2D eigenvalue weighted by atomic mass is 9.86. The number of aliphatic carboxylic acids is 1. The number of thioether (sulfide) groups is 1. The summed E-state index contributed by atoms with van der Waals surface area (Å²) in [5.41, 5.74) is 1.91. The van der Waals surface area contributed by atoms with Gasteiger partial charge in [-0.1, -0.05) is 0 Å². The normalized spacial score (nSPS) is 24.8. The van der Waals surface area contributed by atoms with Gasteiger partial charge in [0, 0.05) is 18.7 Å². The minimum absolute atomic E-state index is 0.523. The summed E-state index contributed by atoms with van der Waals surface area (Å²) in [4.78, 5) is 13.5. The number of hydrogen-bond acceptors (Lipinski definition) is 3. The molecule has 2 rings (SSSR count). The number of carbonyl (C=O) groups is 1. The van der Waals surface area contributed by atoms with Crippen LogP contribution in [0.1, 0.15) is 19.3 Å². The highest BCUT2D eigenvalue weighted by molar-refractivity contribution is 7.99. The van der Waals surface area contributed by atoms with E-state index in [9.17, 15) is 9.90 Å². The number of hydrogen-bond donors (Lipinski definition) is 1. The SMILES string of the molecule is CN1CCC(C(=O)O)=C(C2CCSCC2)C1. The van der Waals surface area contributed by atoms with Crippen LogP contribution in [0.2, 0.25) is 0 Å². The van der Waals surface area contributed by atoms with Crippen LogP contribution < -0.4 is 0 Å². The van der Waals surface area contributed by atoms with Crippen molar-refractivity contribution in [3.05, 3.63) is 11.1 Å². The molecule has 0 bridgehead atoms. The number of rotatable bonds is 2. The average molecular weight is 241 g/mol. The number of nitrogens with zero attached hydrogens (tertiary/aromatic N) is 1. The van der Waals surface area contributed by atoms with E-state index in [1.165, 1.54) is 17.1 Å². The summed E-state index contributed by atoms with van der Waals surface area (Å²) in [5.74, 6) is 2.20. The van der Waals surface area contributed by atoms with Crippen LogP contribution >= 0.6 is 11.8 Å². The van der Waals surface area contributed by atoms with Crippen LogP contribution in [-0.2, 0) is 4.79 Å². The van der Waals surface area contributed by atoms with E-state index in [1.807, 2.05) is 11.8 Å². The number of likely N-dealkylation sites (N-methyl/N-ethyl adjacent to an activating group) is 1. The van der Waals surface area contributed by atoms with Gasteiger partial charge in [-0.25, -0.2) is 4.79 Å². The molecule has 90 valence electrons. The Hall–Kier alpha value is -0.480. The van der Waals surface area contributed by atoms with Crippen LogP contribution in [0.3, 0.4) is 0 Å². The standard InChI is InChI=1S/C12H19NO2S/c1-13-5-2-10(12(14)15)11(8-13)9-3-6-16-7-4-9/h9H,2-8H2,1H3,(H,14,15). The van der Waals surface area contributed by atoms with Gasteiger partial charge in [0.05, 0.1) is 0 Å². The first-order valence-electron chi connectivity index (χ1n) is 5.90. The van der Waals surface area contributed by atoms with Crippen molar-refractivity contribution in [2.24, 2.45) is 5.92 Å². The van der Waals surface area contributed by atoms with Gasteiger partial charge in [-0.3, -0.25) is 0 Å². The van der Waals surface area contributed by atoms with Gasteiger partial charge in [0.1, 0.15) is 0 Å². The Labute approximate surface area is 101 Å². The summed E-state index contributed by atoms with van der Waals surface area (Å²) in [6.45, 7) is 1.74. The summed E-state index contributed by atoms with van der Waals surface area (Å²) in [6.07, 6.45) is 3.03. The molecule has 0 aromatic heterocycles. The third kappa shape index (κ3) is 2.61. The minimum atomic E-state index is -0.693. The van der Waals surface area contributed by atoms with Crippen LogP contribution in [0, 0.1) is 5.92 Å². The third-order valence-corrected chi connectivity index (χ3v) is 4.59. The molecule has 0 aliphatic carbocycles. The van der Waals surface area contributed by atoms with Crippen LogP contribution in [0.4, 0.5) is 0 Å². The van der Waals surface area contributed by atoms with Crippen molar-refractivity contribution in [2.75, 3.05) is 31.6 Å². The van der Waals surface area contributed by atoms with E-state index in [4.69, 9.17) is 0 Å². The van der Waals surface area contributed by atoms with E-state index in [0.29, 0.717) is 17.9 Å². The molecular formula is C12H19NO2S. The second-order valence-electron chi connectivity index (χ2n) is 4.68. The van der Waals surface area contributed by atoms with E-state index >= 15 is 0 Å². The molecule has 2 aliphatic heterocycles. The van der Waals surface area contributed by atoms with E-state index < -0.39 is 5.97 Å². The number of carboxylic acid groups (broad SMARTS) is 1. The van der Waals surface area contributed by atoms with Gasteiger partial charge in [-0.2, -0.15) is 11.8 Å². The fourth-order valence-electron chi connectivity index (χ4n) is 2.59. The lowest BCUT2D eigenvalue weighted by Gasteiger charge is -2.32. The zero-order valence-electron chi connectivity index (χ0n) is 9.74. The molecule has 0 amide bonds. The van der Waals surface area contributed by atoms with Gasteiger partial charge in [0.15, 0.2) is 0 Å². The first kappa shape index (κ1) is 12.0. The van der Waals surface area contributed by atoms with E-state index in [1.54, 1.807) is 0 Å². The zero-order chi connectivity index (χ0) is 11.5. The van der Waals surface area contributed by atoms with Crippen LogP contribution in [0.25, 0.3) is 0 Å². The van der Waals surface area contributed by atoms with Crippen molar-refractivity contribution >= 4 is 17.7 Å². The summed E-state index contributed by atoms with van der Waals surface area (Å²) < 4.78 is 0. The van der Waals surface area contributed by atoms with Crippen LogP contribution in [0.15, 0.2) is 11.1 Å². The van der Waals surface area contributed by atoms with Gasteiger partial charge >= 0.3 is 5.97 Å². The monoisotopic (exact) mass is 241 g/mol. The molecule has 0 atom stereocenters. The second-order valence-corrected chi connectivity index (χ2v) is 5.91. The van der Waals surface area contributed by atoms with Gasteiger partial charge in [-0.15, -0.1) is 0 Å². The van der Waals surface area contributed by atoms with Crippen LogP contribution in [0.5, 0.6) is 0 Å². The molecule has 2 heterocycles. The van der Waals surface area contributed by atoms with Gasteiger partial charge in [-0.05, 0) is 49.3 Å². The molecular weight excluding hydrogens is 222 g/mol. The molecule has 0 aromatic carbocycles. The highest BCUT2D eigenvalue weighted by Crippen LogP contribution is 2.33. The Morgan fingerprint density at radius 3 is 2.75 bits per heavy atom. The van der Waals surface area contributed by atoms with Crippen molar-refractivity contribution in [1.82, 2.24) is 4.90 Å². The lowest BCUT2D eigenvalue weighted by molar-refractivity contribution is -0.133. The number of carboxylic acids is 1. The van der Waals surface area contributed by atoms with Crippen molar-refractivity contribution in [3.8, 4) is 0 Å². The Kier molecular flexibility index (Phi) is 3.92. The van der Waals surface area contributed by atoms with Crippen molar-refractivity contribution < 1.29 is 9.90 Å². The lowest BCUT2D eigenvalue weighted by Crippen LogP contribution is -2.33. The highest BCUT2D eigenvalue weighted by Gasteiger charge is 2.27. The maximum atomic E-state index is 11.2. The molecule has 3 nitrogen and oxygen atoms in total. The van der Waals surface area contributed by atoms with Crippen LogP contribution in [-0.4, -0.2) is 47.6 Å². The Morgan fingerprint density at radius 2 is 2.12 bits per heavy atom. The topological polar surface area (TPSA) is 40.5 Å². The molecule has 0 spiro atoms. The van der Waals surface area contributed by atoms with E-state index in [2.05, 4.69) is 11.9 Å². The average Bonchev–Trinajstić information content (AvgIpc) is 2.29. The highest BCUT2D eigenvalue weighted by atomic mass is 32.2. The van der Waals surface area contributed by atoms with Crippen molar-refractivity contribution in [3.63, 3.8) is 0 Å². The van der Waals surface area contributed by atoms with Gasteiger partial charge in [0.2, 0.25) is 0 Å². The maximum Gasteiger partial charge on any atom is 0.331 e. The zero-order valence-corrected chi connectivity index (χ0v) is 10.6. The maximum absolute atomic E-state index is 11.2. The smallest absolute Gasteiger partial charge is 0.331 e. The largest absolute Gasteiger partial charge is 0.478 e.